The summed E-state index contributed by atoms with van der Waals surface area (Å²) in [7, 11) is 0. The Morgan fingerprint density at radius 3 is 2.67 bits per heavy atom. The first-order valence-corrected chi connectivity index (χ1v) is 8.82. The Bertz CT molecular complexity index is 803. The minimum absolute atomic E-state index is 0.0485. The van der Waals surface area contributed by atoms with Crippen LogP contribution in [-0.2, 0) is 17.5 Å². The second-order valence-corrected chi connectivity index (χ2v) is 6.67. The molecule has 27 heavy (non-hydrogen) atoms. The fraction of sp³-hybridized carbons (Fsp3) is 0.286. The van der Waals surface area contributed by atoms with Crippen LogP contribution < -0.4 is 5.32 Å². The predicted octanol–water partition coefficient (Wildman–Crippen LogP) is 4.11. The normalized spacial score (nSPS) is 18.1. The third-order valence-electron chi connectivity index (χ3n) is 4.51. The number of nitrogens with zero attached hydrogens (tertiary/aromatic N) is 1. The van der Waals surface area contributed by atoms with E-state index in [1.54, 1.807) is 0 Å². The van der Waals surface area contributed by atoms with Gasteiger partial charge in [-0.25, -0.2) is 0 Å². The highest BCUT2D eigenvalue weighted by molar-refractivity contribution is 5.91. The average molecular weight is 374 g/mol. The van der Waals surface area contributed by atoms with E-state index in [4.69, 9.17) is 0 Å². The number of carbonyl (C=O) groups is 1. The van der Waals surface area contributed by atoms with E-state index in [-0.39, 0.29) is 11.9 Å². The van der Waals surface area contributed by atoms with E-state index >= 15 is 0 Å². The zero-order chi connectivity index (χ0) is 19.3. The van der Waals surface area contributed by atoms with Gasteiger partial charge in [0, 0.05) is 31.8 Å². The molecule has 1 aliphatic rings. The van der Waals surface area contributed by atoms with Crippen LogP contribution in [0.5, 0.6) is 0 Å². The summed E-state index contributed by atoms with van der Waals surface area (Å²) in [5.74, 6) is -0.293. The first kappa shape index (κ1) is 19.2. The summed E-state index contributed by atoms with van der Waals surface area (Å²) in [5.41, 5.74) is 0.850. The predicted molar refractivity (Wildman–Crippen MR) is 98.7 cm³/mol. The first-order chi connectivity index (χ1) is 12.9. The maximum Gasteiger partial charge on any atom is 0.416 e. The molecule has 1 N–H and O–H groups in total. The van der Waals surface area contributed by atoms with E-state index in [0.29, 0.717) is 5.56 Å². The van der Waals surface area contributed by atoms with Crippen LogP contribution in [0.4, 0.5) is 13.2 Å². The van der Waals surface area contributed by atoms with E-state index < -0.39 is 11.7 Å². The third kappa shape index (κ3) is 5.69. The minimum Gasteiger partial charge on any atom is -0.348 e. The Kier molecular flexibility index (Phi) is 5.96. The maximum atomic E-state index is 12.7. The first-order valence-electron chi connectivity index (χ1n) is 8.82. The number of nitrogens with one attached hydrogen (secondary N) is 1. The standard InChI is InChI=1S/C21H21F3N2O/c22-21(23,24)18-8-4-7-16(13-18)9-10-20(27)25-19-11-12-26(15-19)14-17-5-2-1-3-6-17/h1-10,13,19H,11-12,14-15H2,(H,25,27)/b10-9+. The number of halogens is 3. The van der Waals surface area contributed by atoms with Gasteiger partial charge in [-0.3, -0.25) is 9.69 Å². The largest absolute Gasteiger partial charge is 0.416 e. The quantitative estimate of drug-likeness (QED) is 0.799. The van der Waals surface area contributed by atoms with E-state index in [9.17, 15) is 18.0 Å². The molecule has 1 atom stereocenters. The number of carbonyl (C=O) groups excluding carboxylic acids is 1. The number of amides is 1. The number of alkyl halides is 3. The number of hydrogen-bond donors (Lipinski definition) is 1. The van der Waals surface area contributed by atoms with Gasteiger partial charge in [0.2, 0.25) is 5.91 Å². The van der Waals surface area contributed by atoms with Crippen molar-refractivity contribution in [3.8, 4) is 0 Å². The summed E-state index contributed by atoms with van der Waals surface area (Å²) >= 11 is 0. The molecule has 1 amide bonds. The highest BCUT2D eigenvalue weighted by Gasteiger charge is 2.30. The van der Waals surface area contributed by atoms with Gasteiger partial charge in [-0.05, 0) is 35.8 Å². The molecule has 6 heteroatoms. The zero-order valence-corrected chi connectivity index (χ0v) is 14.7. The summed E-state index contributed by atoms with van der Waals surface area (Å²) in [4.78, 5) is 14.4. The number of hydrogen-bond acceptors (Lipinski definition) is 2. The molecule has 3 nitrogen and oxygen atoms in total. The van der Waals surface area contributed by atoms with Crippen molar-refractivity contribution in [2.45, 2.75) is 25.2 Å². The second kappa shape index (κ2) is 8.39. The lowest BCUT2D eigenvalue weighted by molar-refractivity contribution is -0.137. The Balaban J connectivity index is 1.50. The molecule has 2 aromatic rings. The Hall–Kier alpha value is -2.60. The SMILES string of the molecule is O=C(/C=C/c1cccc(C(F)(F)F)c1)NC1CCN(Cc2ccccc2)C1. The number of benzene rings is 2. The van der Waals surface area contributed by atoms with Gasteiger partial charge in [0.25, 0.3) is 0 Å². The van der Waals surface area contributed by atoms with Gasteiger partial charge < -0.3 is 5.32 Å². The highest BCUT2D eigenvalue weighted by atomic mass is 19.4. The third-order valence-corrected chi connectivity index (χ3v) is 4.51. The Morgan fingerprint density at radius 1 is 1.15 bits per heavy atom. The lowest BCUT2D eigenvalue weighted by atomic mass is 10.1. The van der Waals surface area contributed by atoms with Crippen molar-refractivity contribution < 1.29 is 18.0 Å². The van der Waals surface area contributed by atoms with Crippen LogP contribution in [0.2, 0.25) is 0 Å². The molecule has 1 aliphatic heterocycles. The lowest BCUT2D eigenvalue weighted by Crippen LogP contribution is -2.35. The fourth-order valence-corrected chi connectivity index (χ4v) is 3.18. The Morgan fingerprint density at radius 2 is 1.93 bits per heavy atom. The van der Waals surface area contributed by atoms with Crippen LogP contribution in [0.1, 0.15) is 23.1 Å². The molecule has 1 saturated heterocycles. The average Bonchev–Trinajstić information content (AvgIpc) is 3.07. The molecule has 0 radical (unpaired) electrons. The van der Waals surface area contributed by atoms with Gasteiger partial charge >= 0.3 is 6.18 Å². The monoisotopic (exact) mass is 374 g/mol. The smallest absolute Gasteiger partial charge is 0.348 e. The van der Waals surface area contributed by atoms with Gasteiger partial charge in [-0.15, -0.1) is 0 Å². The fourth-order valence-electron chi connectivity index (χ4n) is 3.18. The summed E-state index contributed by atoms with van der Waals surface area (Å²) in [5, 5.41) is 2.92. The molecule has 0 bridgehead atoms. The van der Waals surface area contributed by atoms with Gasteiger partial charge in [0.15, 0.2) is 0 Å². The van der Waals surface area contributed by atoms with Crippen LogP contribution in [0.15, 0.2) is 60.7 Å². The molecule has 142 valence electrons. The summed E-state index contributed by atoms with van der Waals surface area (Å²) in [6.07, 6.45) is -0.843. The van der Waals surface area contributed by atoms with Gasteiger partial charge in [0.05, 0.1) is 5.56 Å². The maximum absolute atomic E-state index is 12.7. The van der Waals surface area contributed by atoms with E-state index in [2.05, 4.69) is 22.3 Å². The molecule has 0 saturated carbocycles. The van der Waals surface area contributed by atoms with Crippen molar-refractivity contribution in [2.75, 3.05) is 13.1 Å². The molecule has 0 spiro atoms. The van der Waals surface area contributed by atoms with Crippen molar-refractivity contribution in [1.29, 1.82) is 0 Å². The van der Waals surface area contributed by atoms with Crippen LogP contribution in [0.25, 0.3) is 6.08 Å². The van der Waals surface area contributed by atoms with Gasteiger partial charge in [0.1, 0.15) is 0 Å². The summed E-state index contributed by atoms with van der Waals surface area (Å²) < 4.78 is 38.2. The second-order valence-electron chi connectivity index (χ2n) is 6.67. The molecule has 1 fully saturated rings. The summed E-state index contributed by atoms with van der Waals surface area (Å²) in [6, 6.07) is 15.1. The van der Waals surface area contributed by atoms with Gasteiger partial charge in [-0.2, -0.15) is 13.2 Å². The number of likely N-dealkylation sites (tertiary alicyclic amines) is 1. The van der Waals surface area contributed by atoms with Crippen LogP contribution >= 0.6 is 0 Å². The molecule has 3 rings (SSSR count). The topological polar surface area (TPSA) is 32.3 Å². The molecule has 1 unspecified atom stereocenters. The van der Waals surface area contributed by atoms with Crippen LogP contribution in [-0.4, -0.2) is 29.9 Å². The van der Waals surface area contributed by atoms with Crippen molar-refractivity contribution >= 4 is 12.0 Å². The van der Waals surface area contributed by atoms with Crippen molar-refractivity contribution in [1.82, 2.24) is 10.2 Å². The highest BCUT2D eigenvalue weighted by Crippen LogP contribution is 2.29. The molecular formula is C21H21F3N2O. The van der Waals surface area contributed by atoms with Crippen molar-refractivity contribution in [3.63, 3.8) is 0 Å². The van der Waals surface area contributed by atoms with E-state index in [1.807, 2.05) is 18.2 Å². The molecule has 1 heterocycles. The molecular weight excluding hydrogens is 353 g/mol. The van der Waals surface area contributed by atoms with E-state index in [1.165, 1.54) is 29.8 Å². The van der Waals surface area contributed by atoms with E-state index in [0.717, 1.165) is 38.2 Å². The van der Waals surface area contributed by atoms with Crippen molar-refractivity contribution in [3.05, 3.63) is 77.4 Å². The Labute approximate surface area is 156 Å². The van der Waals surface area contributed by atoms with Crippen molar-refractivity contribution in [2.24, 2.45) is 0 Å². The number of rotatable bonds is 5. The summed E-state index contributed by atoms with van der Waals surface area (Å²) in [6.45, 7) is 2.50. The van der Waals surface area contributed by atoms with Crippen LogP contribution in [0.3, 0.4) is 0 Å². The minimum atomic E-state index is -4.39. The lowest BCUT2D eigenvalue weighted by Gasteiger charge is -2.16. The molecule has 0 aromatic heterocycles. The van der Waals surface area contributed by atoms with Gasteiger partial charge in [-0.1, -0.05) is 42.5 Å². The molecule has 0 aliphatic carbocycles. The molecule has 2 aromatic carbocycles. The zero-order valence-electron chi connectivity index (χ0n) is 14.7. The van der Waals surface area contributed by atoms with Crippen LogP contribution in [0, 0.1) is 0 Å².